The molecule has 0 saturated heterocycles. The number of hydrogen-bond acceptors (Lipinski definition) is 3. The van der Waals surface area contributed by atoms with E-state index in [0.29, 0.717) is 0 Å². The number of nitrogens with zero attached hydrogens (tertiary/aromatic N) is 3. The summed E-state index contributed by atoms with van der Waals surface area (Å²) in [4.78, 5) is 4.61. The van der Waals surface area contributed by atoms with E-state index in [1.165, 1.54) is 11.9 Å². The van der Waals surface area contributed by atoms with E-state index in [-0.39, 0.29) is 0 Å². The van der Waals surface area contributed by atoms with Crippen molar-refractivity contribution >= 4 is 17.2 Å². The normalized spacial score (nSPS) is 10.0. The maximum Gasteiger partial charge on any atom is 0.138 e. The van der Waals surface area contributed by atoms with E-state index in [0.717, 1.165) is 11.4 Å². The largest absolute Gasteiger partial charge is 0.223 e. The first-order chi connectivity index (χ1) is 6.86. The summed E-state index contributed by atoms with van der Waals surface area (Å²) in [5.74, 6) is 0. The van der Waals surface area contributed by atoms with Crippen LogP contribution in [0.2, 0.25) is 0 Å². The van der Waals surface area contributed by atoms with Crippen LogP contribution in [0.25, 0.3) is 0 Å². The van der Waals surface area contributed by atoms with Crippen molar-refractivity contribution in [2.45, 2.75) is 6.42 Å². The maximum atomic E-state index is 5.22. The fraction of sp³-hybridized carbons (Fsp3) is 0.100. The molecule has 0 radical (unpaired) electrons. The lowest BCUT2D eigenvalue weighted by Gasteiger charge is -2.02. The predicted octanol–water partition coefficient (Wildman–Crippen LogP) is 1.70. The van der Waals surface area contributed by atoms with Crippen LogP contribution in [0.3, 0.4) is 0 Å². The lowest BCUT2D eigenvalue weighted by atomic mass is 10.1. The van der Waals surface area contributed by atoms with Crippen molar-refractivity contribution < 1.29 is 0 Å². The number of hydrogen-bond donors (Lipinski definition) is 0. The third-order valence-electron chi connectivity index (χ3n) is 1.87. The second-order valence-corrected chi connectivity index (χ2v) is 3.37. The lowest BCUT2D eigenvalue weighted by Crippen LogP contribution is -2.12. The van der Waals surface area contributed by atoms with Gasteiger partial charge in [0, 0.05) is 6.42 Å². The molecule has 0 amide bonds. The first-order valence-corrected chi connectivity index (χ1v) is 4.69. The van der Waals surface area contributed by atoms with Crippen molar-refractivity contribution in [3.05, 3.63) is 48.5 Å². The SMILES string of the molecule is S=C(Cc1ccccc1)n1cncn1. The van der Waals surface area contributed by atoms with Gasteiger partial charge in [0.1, 0.15) is 17.6 Å². The average Bonchev–Trinajstić information content (AvgIpc) is 2.72. The summed E-state index contributed by atoms with van der Waals surface area (Å²) in [6.45, 7) is 0. The summed E-state index contributed by atoms with van der Waals surface area (Å²) in [7, 11) is 0. The molecule has 3 nitrogen and oxygen atoms in total. The smallest absolute Gasteiger partial charge is 0.138 e. The summed E-state index contributed by atoms with van der Waals surface area (Å²) >= 11 is 5.22. The molecule has 1 heterocycles. The summed E-state index contributed by atoms with van der Waals surface area (Å²) < 4.78 is 1.61. The van der Waals surface area contributed by atoms with Gasteiger partial charge in [-0.2, -0.15) is 5.10 Å². The zero-order valence-electron chi connectivity index (χ0n) is 7.50. The van der Waals surface area contributed by atoms with Crippen LogP contribution in [-0.2, 0) is 6.42 Å². The van der Waals surface area contributed by atoms with Crippen LogP contribution in [-0.4, -0.2) is 19.8 Å². The fourth-order valence-electron chi connectivity index (χ4n) is 1.19. The Balaban J connectivity index is 2.10. The molecule has 2 rings (SSSR count). The van der Waals surface area contributed by atoms with Crippen LogP contribution in [0.4, 0.5) is 0 Å². The third-order valence-corrected chi connectivity index (χ3v) is 2.20. The summed E-state index contributed by atoms with van der Waals surface area (Å²) in [6, 6.07) is 10.1. The molecule has 0 N–H and O–H groups in total. The minimum atomic E-state index is 0.722. The summed E-state index contributed by atoms with van der Waals surface area (Å²) in [5.41, 5.74) is 1.19. The lowest BCUT2D eigenvalue weighted by molar-refractivity contribution is 0.928. The quantitative estimate of drug-likeness (QED) is 0.696. The summed E-state index contributed by atoms with van der Waals surface area (Å²) in [6.07, 6.45) is 3.82. The minimum Gasteiger partial charge on any atom is -0.223 e. The highest BCUT2D eigenvalue weighted by molar-refractivity contribution is 7.80. The minimum absolute atomic E-state index is 0.722. The third kappa shape index (κ3) is 2.03. The van der Waals surface area contributed by atoms with Crippen LogP contribution in [0.5, 0.6) is 0 Å². The summed E-state index contributed by atoms with van der Waals surface area (Å²) in [5, 5.41) is 3.98. The van der Waals surface area contributed by atoms with Crippen molar-refractivity contribution in [2.75, 3.05) is 0 Å². The molecule has 0 bridgehead atoms. The van der Waals surface area contributed by atoms with E-state index in [1.54, 1.807) is 11.0 Å². The van der Waals surface area contributed by atoms with Gasteiger partial charge in [0.05, 0.1) is 0 Å². The fourth-order valence-corrected chi connectivity index (χ4v) is 1.45. The monoisotopic (exact) mass is 203 g/mol. The molecule has 0 aliphatic heterocycles. The van der Waals surface area contributed by atoms with Crippen molar-refractivity contribution in [1.82, 2.24) is 14.8 Å². The van der Waals surface area contributed by atoms with Crippen LogP contribution in [0.1, 0.15) is 5.56 Å². The van der Waals surface area contributed by atoms with Crippen molar-refractivity contribution in [2.24, 2.45) is 0 Å². The van der Waals surface area contributed by atoms with E-state index in [4.69, 9.17) is 12.2 Å². The Hall–Kier alpha value is -1.55. The second-order valence-electron chi connectivity index (χ2n) is 2.90. The van der Waals surface area contributed by atoms with Crippen molar-refractivity contribution in [3.8, 4) is 0 Å². The van der Waals surface area contributed by atoms with E-state index >= 15 is 0 Å². The van der Waals surface area contributed by atoms with Gasteiger partial charge in [-0.05, 0) is 5.56 Å². The van der Waals surface area contributed by atoms with Gasteiger partial charge in [-0.3, -0.25) is 0 Å². The van der Waals surface area contributed by atoms with Gasteiger partial charge in [0.2, 0.25) is 0 Å². The van der Waals surface area contributed by atoms with Crippen molar-refractivity contribution in [1.29, 1.82) is 0 Å². The van der Waals surface area contributed by atoms with Crippen molar-refractivity contribution in [3.63, 3.8) is 0 Å². The number of benzene rings is 1. The van der Waals surface area contributed by atoms with Gasteiger partial charge >= 0.3 is 0 Å². The number of rotatable bonds is 2. The molecule has 4 heteroatoms. The Kier molecular flexibility index (Phi) is 2.65. The van der Waals surface area contributed by atoms with E-state index in [1.807, 2.05) is 30.3 Å². The molecular formula is C10H9N3S. The highest BCUT2D eigenvalue weighted by Gasteiger charge is 2.01. The highest BCUT2D eigenvalue weighted by atomic mass is 32.1. The molecule has 0 atom stereocenters. The molecule has 0 aliphatic carbocycles. The standard InChI is InChI=1S/C10H9N3S/c14-10(13-8-11-7-12-13)6-9-4-2-1-3-5-9/h1-5,7-8H,6H2. The first-order valence-electron chi connectivity index (χ1n) is 4.28. The van der Waals surface area contributed by atoms with Gasteiger partial charge in [-0.25, -0.2) is 9.67 Å². The van der Waals surface area contributed by atoms with E-state index < -0.39 is 0 Å². The maximum absolute atomic E-state index is 5.22. The Morgan fingerprint density at radius 2 is 2.07 bits per heavy atom. The Labute approximate surface area is 87.4 Å². The van der Waals surface area contributed by atoms with Gasteiger partial charge in [0.15, 0.2) is 0 Å². The van der Waals surface area contributed by atoms with Crippen LogP contribution in [0, 0.1) is 0 Å². The molecular weight excluding hydrogens is 194 g/mol. The molecule has 2 aromatic rings. The number of aromatic nitrogens is 3. The van der Waals surface area contributed by atoms with Gasteiger partial charge in [-0.1, -0.05) is 42.5 Å². The van der Waals surface area contributed by atoms with Gasteiger partial charge < -0.3 is 0 Å². The first kappa shape index (κ1) is 9.02. The van der Waals surface area contributed by atoms with Crippen LogP contribution in [0.15, 0.2) is 43.0 Å². The molecule has 0 spiro atoms. The molecule has 0 unspecified atom stereocenters. The molecule has 0 saturated carbocycles. The molecule has 70 valence electrons. The topological polar surface area (TPSA) is 30.7 Å². The second kappa shape index (κ2) is 4.11. The molecule has 1 aromatic carbocycles. The van der Waals surface area contributed by atoms with Gasteiger partial charge in [-0.15, -0.1) is 0 Å². The Morgan fingerprint density at radius 3 is 2.71 bits per heavy atom. The number of thiocarbonyl (C=S) groups is 1. The predicted molar refractivity (Wildman–Crippen MR) is 58.2 cm³/mol. The molecule has 0 fully saturated rings. The Morgan fingerprint density at radius 1 is 1.29 bits per heavy atom. The highest BCUT2D eigenvalue weighted by Crippen LogP contribution is 2.01. The Bertz CT molecular complexity index is 408. The molecule has 14 heavy (non-hydrogen) atoms. The zero-order chi connectivity index (χ0) is 9.80. The molecule has 0 aliphatic rings. The average molecular weight is 203 g/mol. The van der Waals surface area contributed by atoms with Gasteiger partial charge in [0.25, 0.3) is 0 Å². The van der Waals surface area contributed by atoms with Crippen LogP contribution < -0.4 is 0 Å². The van der Waals surface area contributed by atoms with Crippen LogP contribution >= 0.6 is 12.2 Å². The molecule has 1 aromatic heterocycles. The van der Waals surface area contributed by atoms with E-state index in [2.05, 4.69) is 10.1 Å². The zero-order valence-corrected chi connectivity index (χ0v) is 8.31. The van der Waals surface area contributed by atoms with E-state index in [9.17, 15) is 0 Å².